The molecule has 2 aromatic rings. The Bertz CT molecular complexity index is 720. The first-order valence-electron chi connectivity index (χ1n) is 8.43. The van der Waals surface area contributed by atoms with Gasteiger partial charge in [0, 0.05) is 24.0 Å². The van der Waals surface area contributed by atoms with Gasteiger partial charge in [-0.05, 0) is 49.6 Å². The minimum atomic E-state index is -0.113. The molecule has 0 spiro atoms. The number of benzene rings is 1. The van der Waals surface area contributed by atoms with Crippen LogP contribution in [0.3, 0.4) is 0 Å². The van der Waals surface area contributed by atoms with E-state index < -0.39 is 0 Å². The monoisotopic (exact) mass is 360 g/mol. The zero-order valence-electron chi connectivity index (χ0n) is 14.1. The van der Waals surface area contributed by atoms with Gasteiger partial charge in [0.15, 0.2) is 5.76 Å². The maximum Gasteiger partial charge on any atom is 0.289 e. The molecule has 3 rings (SSSR count). The second-order valence-electron chi connectivity index (χ2n) is 6.33. The Morgan fingerprint density at radius 1 is 1.20 bits per heavy atom. The average Bonchev–Trinajstić information content (AvgIpc) is 3.16. The molecule has 0 aliphatic carbocycles. The smallest absolute Gasteiger partial charge is 0.289 e. The Hall–Kier alpha value is -2.27. The summed E-state index contributed by atoms with van der Waals surface area (Å²) in [7, 11) is 0. The van der Waals surface area contributed by atoms with Crippen molar-refractivity contribution in [2.75, 3.05) is 13.1 Å². The Kier molecular flexibility index (Phi) is 5.43. The molecular weight excluding hydrogens is 340 g/mol. The van der Waals surface area contributed by atoms with E-state index in [-0.39, 0.29) is 23.8 Å². The summed E-state index contributed by atoms with van der Waals surface area (Å²) < 4.78 is 5.15. The number of carbonyl (C=O) groups is 2. The third-order valence-corrected chi connectivity index (χ3v) is 4.87. The maximum absolute atomic E-state index is 12.5. The Morgan fingerprint density at radius 3 is 2.48 bits per heavy atom. The standard InChI is InChI=1S/C19H21ClN2O3/c1-13(14-4-6-16(20)7-5-14)21-18(23)15-8-10-22(11-9-15)19(24)17-3-2-12-25-17/h2-7,12-13,15H,8-11H2,1H3,(H,21,23). The van der Waals surface area contributed by atoms with Crippen molar-refractivity contribution in [3.05, 3.63) is 59.0 Å². The third-order valence-electron chi connectivity index (χ3n) is 4.61. The molecule has 2 amide bonds. The van der Waals surface area contributed by atoms with Gasteiger partial charge in [0.1, 0.15) is 0 Å². The van der Waals surface area contributed by atoms with Crippen molar-refractivity contribution in [1.82, 2.24) is 10.2 Å². The van der Waals surface area contributed by atoms with Crippen LogP contribution in [0.4, 0.5) is 0 Å². The maximum atomic E-state index is 12.5. The molecule has 1 aliphatic heterocycles. The summed E-state index contributed by atoms with van der Waals surface area (Å²) in [5.41, 5.74) is 1.02. The predicted molar refractivity (Wildman–Crippen MR) is 95.3 cm³/mol. The molecule has 1 saturated heterocycles. The van der Waals surface area contributed by atoms with Gasteiger partial charge >= 0.3 is 0 Å². The summed E-state index contributed by atoms with van der Waals surface area (Å²) in [6, 6.07) is 10.7. The molecule has 1 aromatic heterocycles. The first-order chi connectivity index (χ1) is 12.0. The zero-order valence-corrected chi connectivity index (χ0v) is 14.8. The zero-order chi connectivity index (χ0) is 17.8. The molecule has 25 heavy (non-hydrogen) atoms. The minimum absolute atomic E-state index is 0.0348. The highest BCUT2D eigenvalue weighted by atomic mass is 35.5. The van der Waals surface area contributed by atoms with Gasteiger partial charge in [-0.2, -0.15) is 0 Å². The number of piperidine rings is 1. The SMILES string of the molecule is CC(NC(=O)C1CCN(C(=O)c2ccco2)CC1)c1ccc(Cl)cc1. The van der Waals surface area contributed by atoms with E-state index in [9.17, 15) is 9.59 Å². The lowest BCUT2D eigenvalue weighted by molar-refractivity contribution is -0.127. The average molecular weight is 361 g/mol. The lowest BCUT2D eigenvalue weighted by Gasteiger charge is -2.31. The molecule has 2 heterocycles. The van der Waals surface area contributed by atoms with E-state index in [0.29, 0.717) is 36.7 Å². The van der Waals surface area contributed by atoms with Crippen molar-refractivity contribution in [1.29, 1.82) is 0 Å². The number of furan rings is 1. The first kappa shape index (κ1) is 17.5. The van der Waals surface area contributed by atoms with Gasteiger partial charge in [0.25, 0.3) is 5.91 Å². The number of hydrogen-bond acceptors (Lipinski definition) is 3. The summed E-state index contributed by atoms with van der Waals surface area (Å²) in [4.78, 5) is 26.5. The van der Waals surface area contributed by atoms with Crippen molar-refractivity contribution in [3.63, 3.8) is 0 Å². The number of nitrogens with zero attached hydrogens (tertiary/aromatic N) is 1. The van der Waals surface area contributed by atoms with Gasteiger partial charge in [-0.25, -0.2) is 0 Å². The summed E-state index contributed by atoms with van der Waals surface area (Å²) in [6.45, 7) is 3.08. The molecule has 0 radical (unpaired) electrons. The number of hydrogen-bond donors (Lipinski definition) is 1. The molecule has 1 aliphatic rings. The molecule has 6 heteroatoms. The van der Waals surface area contributed by atoms with Gasteiger partial charge in [-0.1, -0.05) is 23.7 Å². The minimum Gasteiger partial charge on any atom is -0.459 e. The molecule has 1 fully saturated rings. The van der Waals surface area contributed by atoms with Crippen LogP contribution < -0.4 is 5.32 Å². The lowest BCUT2D eigenvalue weighted by Crippen LogP contribution is -2.43. The lowest BCUT2D eigenvalue weighted by atomic mass is 9.95. The highest BCUT2D eigenvalue weighted by molar-refractivity contribution is 6.30. The molecule has 1 aromatic carbocycles. The van der Waals surface area contributed by atoms with Crippen LogP contribution in [0.25, 0.3) is 0 Å². The number of halogens is 1. The van der Waals surface area contributed by atoms with Crippen LogP contribution in [0.2, 0.25) is 5.02 Å². The van der Waals surface area contributed by atoms with Gasteiger partial charge in [0.2, 0.25) is 5.91 Å². The van der Waals surface area contributed by atoms with Gasteiger partial charge in [0.05, 0.1) is 12.3 Å². The molecule has 132 valence electrons. The Labute approximate surface area is 151 Å². The molecule has 0 saturated carbocycles. The van der Waals surface area contributed by atoms with E-state index in [1.54, 1.807) is 17.0 Å². The van der Waals surface area contributed by atoms with E-state index in [2.05, 4.69) is 5.32 Å². The van der Waals surface area contributed by atoms with E-state index >= 15 is 0 Å². The highest BCUT2D eigenvalue weighted by Gasteiger charge is 2.29. The van der Waals surface area contributed by atoms with Gasteiger partial charge < -0.3 is 14.6 Å². The molecule has 5 nitrogen and oxygen atoms in total. The van der Waals surface area contributed by atoms with Crippen LogP contribution in [0.1, 0.15) is 41.9 Å². The van der Waals surface area contributed by atoms with Crippen molar-refractivity contribution in [3.8, 4) is 0 Å². The second-order valence-corrected chi connectivity index (χ2v) is 6.76. The van der Waals surface area contributed by atoms with Crippen LogP contribution in [-0.4, -0.2) is 29.8 Å². The summed E-state index contributed by atoms with van der Waals surface area (Å²) >= 11 is 5.89. The molecular formula is C19H21ClN2O3. The van der Waals surface area contributed by atoms with Crippen molar-refractivity contribution in [2.24, 2.45) is 5.92 Å². The fourth-order valence-electron chi connectivity index (χ4n) is 3.07. The summed E-state index contributed by atoms with van der Waals surface area (Å²) in [5, 5.41) is 3.73. The summed E-state index contributed by atoms with van der Waals surface area (Å²) in [5.74, 6) is 0.195. The second kappa shape index (κ2) is 7.74. The van der Waals surface area contributed by atoms with E-state index in [0.717, 1.165) is 5.56 Å². The van der Waals surface area contributed by atoms with Crippen molar-refractivity contribution in [2.45, 2.75) is 25.8 Å². The normalized spacial score (nSPS) is 16.5. The van der Waals surface area contributed by atoms with Crippen molar-refractivity contribution < 1.29 is 14.0 Å². The number of likely N-dealkylation sites (tertiary alicyclic amines) is 1. The van der Waals surface area contributed by atoms with Gasteiger partial charge in [-0.3, -0.25) is 9.59 Å². The quantitative estimate of drug-likeness (QED) is 0.905. The van der Waals surface area contributed by atoms with E-state index in [4.69, 9.17) is 16.0 Å². The topological polar surface area (TPSA) is 62.6 Å². The molecule has 1 unspecified atom stereocenters. The number of amides is 2. The molecule has 1 atom stereocenters. The largest absolute Gasteiger partial charge is 0.459 e. The van der Waals surface area contributed by atoms with Crippen LogP contribution in [0, 0.1) is 5.92 Å². The van der Waals surface area contributed by atoms with E-state index in [1.807, 2.05) is 31.2 Å². The fraction of sp³-hybridized carbons (Fsp3) is 0.368. The third kappa shape index (κ3) is 4.23. The van der Waals surface area contributed by atoms with Crippen LogP contribution in [-0.2, 0) is 4.79 Å². The number of rotatable bonds is 4. The predicted octanol–water partition coefficient (Wildman–Crippen LogP) is 3.66. The van der Waals surface area contributed by atoms with Crippen LogP contribution >= 0.6 is 11.6 Å². The van der Waals surface area contributed by atoms with Crippen molar-refractivity contribution >= 4 is 23.4 Å². The van der Waals surface area contributed by atoms with Gasteiger partial charge in [-0.15, -0.1) is 0 Å². The number of nitrogens with one attached hydrogen (secondary N) is 1. The Balaban J connectivity index is 1.51. The fourth-order valence-corrected chi connectivity index (χ4v) is 3.19. The van der Waals surface area contributed by atoms with E-state index in [1.165, 1.54) is 6.26 Å². The first-order valence-corrected chi connectivity index (χ1v) is 8.81. The summed E-state index contributed by atoms with van der Waals surface area (Å²) in [6.07, 6.45) is 2.81. The molecule has 0 bridgehead atoms. The number of carbonyl (C=O) groups excluding carboxylic acids is 2. The molecule has 1 N–H and O–H groups in total. The van der Waals surface area contributed by atoms with Crippen LogP contribution in [0.5, 0.6) is 0 Å². The Morgan fingerprint density at radius 2 is 1.88 bits per heavy atom. The highest BCUT2D eigenvalue weighted by Crippen LogP contribution is 2.22. The van der Waals surface area contributed by atoms with Crippen LogP contribution in [0.15, 0.2) is 47.1 Å².